The van der Waals surface area contributed by atoms with E-state index in [2.05, 4.69) is 35.9 Å². The summed E-state index contributed by atoms with van der Waals surface area (Å²) in [6.07, 6.45) is 3.61. The molecule has 6 nitrogen and oxygen atoms in total. The topological polar surface area (TPSA) is 81.2 Å². The van der Waals surface area contributed by atoms with Gasteiger partial charge in [-0.3, -0.25) is 14.2 Å². The fourth-order valence-corrected chi connectivity index (χ4v) is 3.18. The number of para-hydroxylation sites is 1. The van der Waals surface area contributed by atoms with Crippen LogP contribution in [0.2, 0.25) is 0 Å². The molecule has 0 fully saturated rings. The SMILES string of the molecule is CCN(CC)c1ccc(/C=C/c2nc3ccccc3c(=O)n2CC(N)=O)cc1. The van der Waals surface area contributed by atoms with E-state index in [4.69, 9.17) is 5.73 Å². The smallest absolute Gasteiger partial charge is 0.262 e. The third-order valence-electron chi connectivity index (χ3n) is 4.65. The number of benzene rings is 2. The van der Waals surface area contributed by atoms with Gasteiger partial charge in [0.2, 0.25) is 5.91 Å². The maximum Gasteiger partial charge on any atom is 0.262 e. The van der Waals surface area contributed by atoms with E-state index in [9.17, 15) is 9.59 Å². The van der Waals surface area contributed by atoms with Gasteiger partial charge in [-0.15, -0.1) is 0 Å². The molecule has 0 saturated carbocycles. The summed E-state index contributed by atoms with van der Waals surface area (Å²) in [5, 5.41) is 0.462. The van der Waals surface area contributed by atoms with Crippen LogP contribution < -0.4 is 16.2 Å². The quantitative estimate of drug-likeness (QED) is 0.687. The highest BCUT2D eigenvalue weighted by Crippen LogP contribution is 2.17. The lowest BCUT2D eigenvalue weighted by atomic mass is 10.1. The molecule has 28 heavy (non-hydrogen) atoms. The van der Waals surface area contributed by atoms with Crippen molar-refractivity contribution in [1.29, 1.82) is 0 Å². The highest BCUT2D eigenvalue weighted by atomic mass is 16.2. The van der Waals surface area contributed by atoms with E-state index in [1.165, 1.54) is 4.57 Å². The van der Waals surface area contributed by atoms with Gasteiger partial charge in [0.25, 0.3) is 5.56 Å². The average molecular weight is 376 g/mol. The largest absolute Gasteiger partial charge is 0.372 e. The summed E-state index contributed by atoms with van der Waals surface area (Å²) in [7, 11) is 0. The summed E-state index contributed by atoms with van der Waals surface area (Å²) >= 11 is 0. The van der Waals surface area contributed by atoms with Crippen molar-refractivity contribution in [1.82, 2.24) is 9.55 Å². The Kier molecular flexibility index (Phi) is 5.89. The Hall–Kier alpha value is -3.41. The van der Waals surface area contributed by atoms with Crippen LogP contribution in [0.1, 0.15) is 25.2 Å². The number of anilines is 1. The molecule has 0 spiro atoms. The van der Waals surface area contributed by atoms with Crippen LogP contribution in [0, 0.1) is 0 Å². The highest BCUT2D eigenvalue weighted by molar-refractivity contribution is 5.80. The van der Waals surface area contributed by atoms with Crippen molar-refractivity contribution in [3.63, 3.8) is 0 Å². The monoisotopic (exact) mass is 376 g/mol. The van der Waals surface area contributed by atoms with Crippen molar-refractivity contribution in [2.24, 2.45) is 5.73 Å². The van der Waals surface area contributed by atoms with Gasteiger partial charge in [-0.2, -0.15) is 0 Å². The van der Waals surface area contributed by atoms with E-state index in [0.29, 0.717) is 16.7 Å². The fourth-order valence-electron chi connectivity index (χ4n) is 3.18. The first-order valence-electron chi connectivity index (χ1n) is 9.34. The standard InChI is InChI=1S/C22H24N4O2/c1-3-25(4-2)17-12-9-16(10-13-17)11-14-21-24-19-8-6-5-7-18(19)22(28)26(21)15-20(23)27/h5-14H,3-4,15H2,1-2H3,(H2,23,27)/b14-11+. The predicted molar refractivity (Wildman–Crippen MR) is 114 cm³/mol. The van der Waals surface area contributed by atoms with Crippen molar-refractivity contribution in [3.05, 3.63) is 70.3 Å². The Morgan fingerprint density at radius 3 is 2.39 bits per heavy atom. The highest BCUT2D eigenvalue weighted by Gasteiger charge is 2.10. The van der Waals surface area contributed by atoms with Crippen LogP contribution >= 0.6 is 0 Å². The molecule has 1 aromatic heterocycles. The summed E-state index contributed by atoms with van der Waals surface area (Å²) in [6.45, 7) is 5.94. The van der Waals surface area contributed by atoms with Gasteiger partial charge < -0.3 is 10.6 Å². The molecule has 0 bridgehead atoms. The van der Waals surface area contributed by atoms with E-state index >= 15 is 0 Å². The minimum Gasteiger partial charge on any atom is -0.372 e. The minimum absolute atomic E-state index is 0.211. The van der Waals surface area contributed by atoms with Gasteiger partial charge in [0.15, 0.2) is 0 Å². The van der Waals surface area contributed by atoms with Crippen LogP contribution in [0.25, 0.3) is 23.1 Å². The Bertz CT molecular complexity index is 1060. The summed E-state index contributed by atoms with van der Waals surface area (Å²) in [4.78, 5) is 31.0. The molecule has 0 aliphatic carbocycles. The Labute approximate surface area is 163 Å². The number of carbonyl (C=O) groups excluding carboxylic acids is 1. The second kappa shape index (κ2) is 8.52. The van der Waals surface area contributed by atoms with Gasteiger partial charge in [0.05, 0.1) is 10.9 Å². The lowest BCUT2D eigenvalue weighted by Gasteiger charge is -2.20. The van der Waals surface area contributed by atoms with E-state index in [0.717, 1.165) is 24.3 Å². The van der Waals surface area contributed by atoms with E-state index in [1.807, 2.05) is 24.3 Å². The first-order chi connectivity index (χ1) is 13.5. The molecule has 0 atom stereocenters. The molecule has 3 rings (SSSR count). The lowest BCUT2D eigenvalue weighted by Crippen LogP contribution is -2.30. The molecule has 0 saturated heterocycles. The number of hydrogen-bond acceptors (Lipinski definition) is 4. The van der Waals surface area contributed by atoms with Crippen molar-refractivity contribution >= 4 is 34.6 Å². The van der Waals surface area contributed by atoms with E-state index in [1.54, 1.807) is 24.3 Å². The molecular weight excluding hydrogens is 352 g/mol. The van der Waals surface area contributed by atoms with Gasteiger partial charge in [-0.05, 0) is 49.8 Å². The lowest BCUT2D eigenvalue weighted by molar-refractivity contribution is -0.118. The minimum atomic E-state index is -0.586. The van der Waals surface area contributed by atoms with Crippen LogP contribution in [-0.2, 0) is 11.3 Å². The predicted octanol–water partition coefficient (Wildman–Crippen LogP) is 2.90. The summed E-state index contributed by atoms with van der Waals surface area (Å²) in [6, 6.07) is 15.2. The van der Waals surface area contributed by atoms with Gasteiger partial charge in [0.1, 0.15) is 12.4 Å². The van der Waals surface area contributed by atoms with Crippen LogP contribution in [0.15, 0.2) is 53.3 Å². The first-order valence-corrected chi connectivity index (χ1v) is 9.34. The Morgan fingerprint density at radius 1 is 1.07 bits per heavy atom. The Balaban J connectivity index is 1.98. The number of primary amides is 1. The second-order valence-electron chi connectivity index (χ2n) is 6.44. The summed E-state index contributed by atoms with van der Waals surface area (Å²) < 4.78 is 1.31. The molecule has 6 heteroatoms. The average Bonchev–Trinajstić information content (AvgIpc) is 2.70. The van der Waals surface area contributed by atoms with Gasteiger partial charge in [-0.25, -0.2) is 4.98 Å². The molecule has 0 aliphatic rings. The first kappa shape index (κ1) is 19.4. The number of nitrogens with zero attached hydrogens (tertiary/aromatic N) is 3. The molecule has 2 aromatic carbocycles. The number of hydrogen-bond donors (Lipinski definition) is 1. The molecular formula is C22H24N4O2. The van der Waals surface area contributed by atoms with Gasteiger partial charge in [0, 0.05) is 18.8 Å². The van der Waals surface area contributed by atoms with Crippen molar-refractivity contribution in [2.45, 2.75) is 20.4 Å². The number of amides is 1. The van der Waals surface area contributed by atoms with Crippen LogP contribution in [-0.4, -0.2) is 28.5 Å². The zero-order chi connectivity index (χ0) is 20.1. The number of nitrogens with two attached hydrogens (primary N) is 1. The maximum absolute atomic E-state index is 12.8. The zero-order valence-corrected chi connectivity index (χ0v) is 16.1. The second-order valence-corrected chi connectivity index (χ2v) is 6.44. The van der Waals surface area contributed by atoms with Crippen molar-refractivity contribution < 1.29 is 4.79 Å². The number of rotatable bonds is 7. The number of aromatic nitrogens is 2. The molecule has 1 heterocycles. The van der Waals surface area contributed by atoms with Crippen molar-refractivity contribution in [2.75, 3.05) is 18.0 Å². The molecule has 1 amide bonds. The normalized spacial score (nSPS) is 11.2. The molecule has 0 unspecified atom stereocenters. The molecule has 2 N–H and O–H groups in total. The zero-order valence-electron chi connectivity index (χ0n) is 16.1. The van der Waals surface area contributed by atoms with Gasteiger partial charge in [-0.1, -0.05) is 30.3 Å². The van der Waals surface area contributed by atoms with Crippen molar-refractivity contribution in [3.8, 4) is 0 Å². The fraction of sp³-hybridized carbons (Fsp3) is 0.227. The number of fused-ring (bicyclic) bond motifs is 1. The third kappa shape index (κ3) is 4.11. The van der Waals surface area contributed by atoms with Gasteiger partial charge >= 0.3 is 0 Å². The molecule has 144 valence electrons. The number of carbonyl (C=O) groups is 1. The summed E-state index contributed by atoms with van der Waals surface area (Å²) in [5.41, 5.74) is 7.78. The molecule has 0 aliphatic heterocycles. The third-order valence-corrected chi connectivity index (χ3v) is 4.65. The van der Waals surface area contributed by atoms with Crippen LogP contribution in [0.5, 0.6) is 0 Å². The Morgan fingerprint density at radius 2 is 1.75 bits per heavy atom. The van der Waals surface area contributed by atoms with E-state index < -0.39 is 5.91 Å². The van der Waals surface area contributed by atoms with E-state index in [-0.39, 0.29) is 12.1 Å². The summed E-state index contributed by atoms with van der Waals surface area (Å²) in [5.74, 6) is -0.187. The van der Waals surface area contributed by atoms with Crippen LogP contribution in [0.4, 0.5) is 5.69 Å². The van der Waals surface area contributed by atoms with Crippen LogP contribution in [0.3, 0.4) is 0 Å². The molecule has 0 radical (unpaired) electrons. The molecule has 3 aromatic rings. The maximum atomic E-state index is 12.8.